The highest BCUT2D eigenvalue weighted by Crippen LogP contribution is 2.28. The fraction of sp³-hybridized carbons (Fsp3) is 0.429. The lowest BCUT2D eigenvalue weighted by Crippen LogP contribution is -2.07. The summed E-state index contributed by atoms with van der Waals surface area (Å²) in [5.41, 5.74) is 3.58. The van der Waals surface area contributed by atoms with Crippen molar-refractivity contribution < 1.29 is 9.53 Å². The molecule has 3 nitrogen and oxygen atoms in total. The highest BCUT2D eigenvalue weighted by Gasteiger charge is 2.16. The molecule has 0 heterocycles. The molecule has 0 saturated carbocycles. The molecule has 0 spiro atoms. The van der Waals surface area contributed by atoms with Crippen molar-refractivity contribution in [3.63, 3.8) is 0 Å². The predicted octanol–water partition coefficient (Wildman–Crippen LogP) is 3.11. The molecule has 0 fully saturated rings. The summed E-state index contributed by atoms with van der Waals surface area (Å²) in [4.78, 5) is 12.0. The fourth-order valence-corrected chi connectivity index (χ4v) is 1.98. The first kappa shape index (κ1) is 13.2. The van der Waals surface area contributed by atoms with Gasteiger partial charge in [0.05, 0.1) is 13.2 Å². The predicted molar refractivity (Wildman–Crippen MR) is 66.4 cm³/mol. The van der Waals surface area contributed by atoms with Gasteiger partial charge < -0.3 is 4.74 Å². The van der Waals surface area contributed by atoms with Crippen LogP contribution in [0.1, 0.15) is 39.9 Å². The average molecular weight is 231 g/mol. The Labute approximate surface area is 102 Å². The Bertz CT molecular complexity index is 484. The Morgan fingerprint density at radius 2 is 2.00 bits per heavy atom. The van der Waals surface area contributed by atoms with E-state index in [2.05, 4.69) is 0 Å². The summed E-state index contributed by atoms with van der Waals surface area (Å²) in [6, 6.07) is 3.88. The molecule has 0 N–H and O–H groups in total. The Balaban J connectivity index is 3.22. The summed E-state index contributed by atoms with van der Waals surface area (Å²) in [5.74, 6) is 0.837. The van der Waals surface area contributed by atoms with Crippen LogP contribution in [0.5, 0.6) is 5.75 Å². The van der Waals surface area contributed by atoms with Crippen molar-refractivity contribution in [2.24, 2.45) is 0 Å². The van der Waals surface area contributed by atoms with Crippen LogP contribution in [0.2, 0.25) is 0 Å². The standard InChI is InChI=1S/C14H17NO2/c1-9-8-13(17-4)10(2)11(3)14(9)12(16)6-5-7-15/h8H,5-6H2,1-4H3. The molecule has 90 valence electrons. The van der Waals surface area contributed by atoms with Crippen LogP contribution in [0, 0.1) is 32.1 Å². The number of nitriles is 1. The van der Waals surface area contributed by atoms with Gasteiger partial charge in [-0.2, -0.15) is 5.26 Å². The van der Waals surface area contributed by atoms with Gasteiger partial charge in [0.1, 0.15) is 5.75 Å². The minimum atomic E-state index is 0.0345. The second-order valence-corrected chi connectivity index (χ2v) is 4.10. The van der Waals surface area contributed by atoms with Crippen molar-refractivity contribution in [3.8, 4) is 11.8 Å². The third-order valence-electron chi connectivity index (χ3n) is 3.01. The third-order valence-corrected chi connectivity index (χ3v) is 3.01. The molecule has 0 aliphatic carbocycles. The third kappa shape index (κ3) is 2.65. The van der Waals surface area contributed by atoms with Crippen LogP contribution in [-0.2, 0) is 0 Å². The topological polar surface area (TPSA) is 50.1 Å². The Hall–Kier alpha value is -1.82. The van der Waals surface area contributed by atoms with Gasteiger partial charge in [-0.1, -0.05) is 0 Å². The molecular formula is C14H17NO2. The SMILES string of the molecule is COc1cc(C)c(C(=O)CCC#N)c(C)c1C. The van der Waals surface area contributed by atoms with Gasteiger partial charge in [0.25, 0.3) is 0 Å². The van der Waals surface area contributed by atoms with Crippen LogP contribution < -0.4 is 4.74 Å². The van der Waals surface area contributed by atoms with Gasteiger partial charge in [0.15, 0.2) is 5.78 Å². The Morgan fingerprint density at radius 1 is 1.35 bits per heavy atom. The average Bonchev–Trinajstić information content (AvgIpc) is 2.31. The maximum atomic E-state index is 12.0. The van der Waals surface area contributed by atoms with E-state index in [0.717, 1.165) is 28.0 Å². The van der Waals surface area contributed by atoms with Crippen LogP contribution in [0.25, 0.3) is 0 Å². The van der Waals surface area contributed by atoms with Crippen molar-refractivity contribution in [3.05, 3.63) is 28.3 Å². The highest BCUT2D eigenvalue weighted by atomic mass is 16.5. The van der Waals surface area contributed by atoms with E-state index < -0.39 is 0 Å². The lowest BCUT2D eigenvalue weighted by molar-refractivity contribution is 0.0983. The zero-order valence-electron chi connectivity index (χ0n) is 10.8. The number of hydrogen-bond acceptors (Lipinski definition) is 3. The molecule has 0 aliphatic heterocycles. The van der Waals surface area contributed by atoms with E-state index in [1.807, 2.05) is 32.9 Å². The number of ketones is 1. The van der Waals surface area contributed by atoms with Crippen molar-refractivity contribution in [2.75, 3.05) is 7.11 Å². The van der Waals surface area contributed by atoms with E-state index in [1.54, 1.807) is 7.11 Å². The van der Waals surface area contributed by atoms with E-state index in [0.29, 0.717) is 0 Å². The number of Topliss-reactive ketones (excluding diaryl/α,β-unsaturated/α-hetero) is 1. The maximum Gasteiger partial charge on any atom is 0.164 e. The summed E-state index contributed by atoms with van der Waals surface area (Å²) < 4.78 is 5.26. The number of hydrogen-bond donors (Lipinski definition) is 0. The molecular weight excluding hydrogens is 214 g/mol. The molecule has 0 amide bonds. The second-order valence-electron chi connectivity index (χ2n) is 4.10. The highest BCUT2D eigenvalue weighted by molar-refractivity contribution is 5.99. The second kappa shape index (κ2) is 5.49. The molecule has 17 heavy (non-hydrogen) atoms. The van der Waals surface area contributed by atoms with Crippen LogP contribution in [0.3, 0.4) is 0 Å². The summed E-state index contributed by atoms with van der Waals surface area (Å²) in [5, 5.41) is 8.52. The van der Waals surface area contributed by atoms with E-state index in [9.17, 15) is 4.79 Å². The van der Waals surface area contributed by atoms with Gasteiger partial charge in [0.2, 0.25) is 0 Å². The molecule has 1 aromatic rings. The minimum absolute atomic E-state index is 0.0345. The number of carbonyl (C=O) groups is 1. The lowest BCUT2D eigenvalue weighted by atomic mass is 9.93. The van der Waals surface area contributed by atoms with Gasteiger partial charge in [-0.05, 0) is 43.5 Å². The van der Waals surface area contributed by atoms with Crippen LogP contribution in [0.15, 0.2) is 6.07 Å². The van der Waals surface area contributed by atoms with Crippen molar-refractivity contribution in [1.82, 2.24) is 0 Å². The zero-order chi connectivity index (χ0) is 13.0. The van der Waals surface area contributed by atoms with Gasteiger partial charge in [-0.3, -0.25) is 4.79 Å². The number of rotatable bonds is 4. The zero-order valence-corrected chi connectivity index (χ0v) is 10.8. The number of aryl methyl sites for hydroxylation is 1. The number of methoxy groups -OCH3 is 1. The van der Waals surface area contributed by atoms with Crippen LogP contribution in [-0.4, -0.2) is 12.9 Å². The smallest absolute Gasteiger partial charge is 0.164 e. The number of nitrogens with zero attached hydrogens (tertiary/aromatic N) is 1. The van der Waals surface area contributed by atoms with E-state index in [-0.39, 0.29) is 18.6 Å². The van der Waals surface area contributed by atoms with Crippen molar-refractivity contribution in [2.45, 2.75) is 33.6 Å². The first-order valence-corrected chi connectivity index (χ1v) is 5.57. The van der Waals surface area contributed by atoms with Crippen LogP contribution in [0.4, 0.5) is 0 Å². The summed E-state index contributed by atoms with van der Waals surface area (Å²) >= 11 is 0. The van der Waals surface area contributed by atoms with Gasteiger partial charge in [-0.15, -0.1) is 0 Å². The molecule has 1 aromatic carbocycles. The molecule has 0 radical (unpaired) electrons. The molecule has 0 atom stereocenters. The summed E-state index contributed by atoms with van der Waals surface area (Å²) in [6.07, 6.45) is 0.548. The van der Waals surface area contributed by atoms with Crippen molar-refractivity contribution >= 4 is 5.78 Å². The number of ether oxygens (including phenoxy) is 1. The Kier molecular flexibility index (Phi) is 4.28. The van der Waals surface area contributed by atoms with E-state index in [1.165, 1.54) is 0 Å². The lowest BCUT2D eigenvalue weighted by Gasteiger charge is -2.14. The fourth-order valence-electron chi connectivity index (χ4n) is 1.98. The number of benzene rings is 1. The first-order chi connectivity index (χ1) is 8.02. The van der Waals surface area contributed by atoms with Gasteiger partial charge in [0, 0.05) is 18.4 Å². The normalized spacial score (nSPS) is 9.82. The minimum Gasteiger partial charge on any atom is -0.496 e. The molecule has 0 bridgehead atoms. The molecule has 0 aliphatic rings. The molecule has 3 heteroatoms. The maximum absolute atomic E-state index is 12.0. The number of carbonyl (C=O) groups excluding carboxylic acids is 1. The van der Waals surface area contributed by atoms with Gasteiger partial charge in [-0.25, -0.2) is 0 Å². The van der Waals surface area contributed by atoms with E-state index in [4.69, 9.17) is 10.00 Å². The molecule has 0 aromatic heterocycles. The monoisotopic (exact) mass is 231 g/mol. The first-order valence-electron chi connectivity index (χ1n) is 5.57. The largest absolute Gasteiger partial charge is 0.496 e. The Morgan fingerprint density at radius 3 is 2.53 bits per heavy atom. The van der Waals surface area contributed by atoms with Crippen molar-refractivity contribution in [1.29, 1.82) is 5.26 Å². The van der Waals surface area contributed by atoms with Crippen LogP contribution >= 0.6 is 0 Å². The summed E-state index contributed by atoms with van der Waals surface area (Å²) in [6.45, 7) is 5.76. The van der Waals surface area contributed by atoms with E-state index >= 15 is 0 Å². The molecule has 0 unspecified atom stereocenters. The van der Waals surface area contributed by atoms with Gasteiger partial charge >= 0.3 is 0 Å². The molecule has 1 rings (SSSR count). The molecule has 0 saturated heterocycles. The quantitative estimate of drug-likeness (QED) is 0.748. The summed E-state index contributed by atoms with van der Waals surface area (Å²) in [7, 11) is 1.62.